The van der Waals surface area contributed by atoms with Crippen molar-refractivity contribution in [2.45, 2.75) is 117 Å². The van der Waals surface area contributed by atoms with Crippen molar-refractivity contribution in [2.75, 3.05) is 0 Å². The van der Waals surface area contributed by atoms with E-state index in [0.717, 1.165) is 44.9 Å². The van der Waals surface area contributed by atoms with Gasteiger partial charge in [-0.1, -0.05) is 72.6 Å². The van der Waals surface area contributed by atoms with Crippen LogP contribution in [0.15, 0.2) is 0 Å². The van der Waals surface area contributed by atoms with Crippen LogP contribution < -0.4 is 11.1 Å². The first-order valence-electron chi connectivity index (χ1n) is 10.1. The zero-order chi connectivity index (χ0) is 17.7. The lowest BCUT2D eigenvalue weighted by atomic mass is 9.73. The number of carbonyl (C=O) groups is 1. The zero-order valence-electron chi connectivity index (χ0n) is 16.4. The maximum Gasteiger partial charge on any atom is 0.238 e. The molecule has 23 heavy (non-hydrogen) atoms. The van der Waals surface area contributed by atoms with Gasteiger partial charge in [0, 0.05) is 6.04 Å². The van der Waals surface area contributed by atoms with Crippen molar-refractivity contribution in [1.29, 1.82) is 0 Å². The van der Waals surface area contributed by atoms with Gasteiger partial charge in [-0.15, -0.1) is 0 Å². The van der Waals surface area contributed by atoms with Gasteiger partial charge in [-0.05, 0) is 38.5 Å². The van der Waals surface area contributed by atoms with Crippen LogP contribution in [-0.2, 0) is 4.79 Å². The summed E-state index contributed by atoms with van der Waals surface area (Å²) in [5.74, 6) is 0.233. The SMILES string of the molecule is CCCCC(CCCC)C(CCCC)(NC(C)CCC)C(N)=O. The van der Waals surface area contributed by atoms with Crippen molar-refractivity contribution in [1.82, 2.24) is 5.32 Å². The van der Waals surface area contributed by atoms with Crippen LogP contribution in [0.5, 0.6) is 0 Å². The van der Waals surface area contributed by atoms with Gasteiger partial charge in [-0.3, -0.25) is 4.79 Å². The van der Waals surface area contributed by atoms with Gasteiger partial charge in [0.1, 0.15) is 5.54 Å². The van der Waals surface area contributed by atoms with E-state index in [0.29, 0.717) is 12.0 Å². The minimum absolute atomic E-state index is 0.133. The van der Waals surface area contributed by atoms with E-state index in [9.17, 15) is 4.79 Å². The summed E-state index contributed by atoms with van der Waals surface area (Å²) in [5.41, 5.74) is 5.48. The number of unbranched alkanes of at least 4 members (excludes halogenated alkanes) is 3. The van der Waals surface area contributed by atoms with Crippen molar-refractivity contribution in [3.05, 3.63) is 0 Å². The third-order valence-corrected chi connectivity index (χ3v) is 5.10. The summed E-state index contributed by atoms with van der Waals surface area (Å²) in [7, 11) is 0. The molecule has 2 unspecified atom stereocenters. The van der Waals surface area contributed by atoms with E-state index in [2.05, 4.69) is 39.9 Å². The fraction of sp³-hybridized carbons (Fsp3) is 0.950. The van der Waals surface area contributed by atoms with Crippen molar-refractivity contribution < 1.29 is 4.79 Å². The van der Waals surface area contributed by atoms with Gasteiger partial charge in [-0.2, -0.15) is 0 Å². The molecule has 0 aromatic carbocycles. The first-order valence-corrected chi connectivity index (χ1v) is 10.1. The summed E-state index contributed by atoms with van der Waals surface area (Å²) in [4.78, 5) is 12.6. The number of hydrogen-bond donors (Lipinski definition) is 2. The molecule has 3 N–H and O–H groups in total. The Kier molecular flexibility index (Phi) is 12.5. The summed E-state index contributed by atoms with van der Waals surface area (Å²) in [6.07, 6.45) is 12.2. The monoisotopic (exact) mass is 326 g/mol. The van der Waals surface area contributed by atoms with E-state index in [4.69, 9.17) is 5.73 Å². The molecule has 0 saturated carbocycles. The second-order valence-electron chi connectivity index (χ2n) is 7.25. The molecule has 0 spiro atoms. The van der Waals surface area contributed by atoms with Gasteiger partial charge in [0.15, 0.2) is 0 Å². The number of rotatable bonds is 15. The summed E-state index contributed by atoms with van der Waals surface area (Å²) < 4.78 is 0. The number of primary amides is 1. The average Bonchev–Trinajstić information content (AvgIpc) is 2.51. The molecule has 3 heteroatoms. The molecule has 0 radical (unpaired) electrons. The van der Waals surface area contributed by atoms with Gasteiger partial charge in [0.2, 0.25) is 5.91 Å². The van der Waals surface area contributed by atoms with Crippen LogP contribution in [-0.4, -0.2) is 17.5 Å². The number of hydrogen-bond acceptors (Lipinski definition) is 2. The van der Waals surface area contributed by atoms with E-state index in [1.807, 2.05) is 0 Å². The van der Waals surface area contributed by atoms with Gasteiger partial charge in [-0.25, -0.2) is 0 Å². The lowest BCUT2D eigenvalue weighted by molar-refractivity contribution is -0.128. The van der Waals surface area contributed by atoms with E-state index in [1.54, 1.807) is 0 Å². The van der Waals surface area contributed by atoms with Gasteiger partial charge in [0.05, 0.1) is 0 Å². The third-order valence-electron chi connectivity index (χ3n) is 5.10. The summed E-state index contributed by atoms with van der Waals surface area (Å²) in [6, 6.07) is 0.343. The largest absolute Gasteiger partial charge is 0.368 e. The van der Waals surface area contributed by atoms with Crippen LogP contribution in [0.3, 0.4) is 0 Å². The zero-order valence-corrected chi connectivity index (χ0v) is 16.4. The van der Waals surface area contributed by atoms with Gasteiger partial charge >= 0.3 is 0 Å². The van der Waals surface area contributed by atoms with Crippen LogP contribution in [0.2, 0.25) is 0 Å². The third kappa shape index (κ3) is 7.69. The topological polar surface area (TPSA) is 55.1 Å². The number of nitrogens with one attached hydrogen (secondary N) is 1. The minimum atomic E-state index is -0.519. The lowest BCUT2D eigenvalue weighted by Gasteiger charge is -2.42. The molecule has 0 fully saturated rings. The maximum absolute atomic E-state index is 12.6. The van der Waals surface area contributed by atoms with E-state index in [1.165, 1.54) is 25.7 Å². The number of nitrogens with two attached hydrogens (primary N) is 1. The Morgan fingerprint density at radius 1 is 0.913 bits per heavy atom. The van der Waals surface area contributed by atoms with Crippen LogP contribution in [0.25, 0.3) is 0 Å². The van der Waals surface area contributed by atoms with Crippen molar-refractivity contribution in [3.63, 3.8) is 0 Å². The van der Waals surface area contributed by atoms with Crippen molar-refractivity contribution >= 4 is 5.91 Å². The highest BCUT2D eigenvalue weighted by Crippen LogP contribution is 2.33. The normalized spacial score (nSPS) is 15.6. The Morgan fingerprint density at radius 3 is 1.83 bits per heavy atom. The van der Waals surface area contributed by atoms with Crippen LogP contribution >= 0.6 is 0 Å². The second-order valence-corrected chi connectivity index (χ2v) is 7.25. The lowest BCUT2D eigenvalue weighted by Crippen LogP contribution is -2.62. The number of carbonyl (C=O) groups excluding carboxylic acids is 1. The minimum Gasteiger partial charge on any atom is -0.368 e. The molecule has 0 aromatic heterocycles. The predicted molar refractivity (Wildman–Crippen MR) is 101 cm³/mol. The Balaban J connectivity index is 5.43. The Hall–Kier alpha value is -0.570. The van der Waals surface area contributed by atoms with E-state index in [-0.39, 0.29) is 5.91 Å². The molecule has 1 amide bonds. The summed E-state index contributed by atoms with van der Waals surface area (Å²) in [5, 5.41) is 3.71. The van der Waals surface area contributed by atoms with E-state index < -0.39 is 5.54 Å². The average molecular weight is 327 g/mol. The first-order chi connectivity index (χ1) is 11.0. The molecular formula is C20H42N2O. The molecular weight excluding hydrogens is 284 g/mol. The molecule has 0 heterocycles. The molecule has 3 nitrogen and oxygen atoms in total. The molecule has 0 rings (SSSR count). The highest BCUT2D eigenvalue weighted by Gasteiger charge is 2.43. The fourth-order valence-corrected chi connectivity index (χ4v) is 3.73. The highest BCUT2D eigenvalue weighted by molar-refractivity contribution is 5.85. The van der Waals surface area contributed by atoms with Crippen molar-refractivity contribution in [3.8, 4) is 0 Å². The van der Waals surface area contributed by atoms with Gasteiger partial charge < -0.3 is 11.1 Å². The molecule has 138 valence electrons. The smallest absolute Gasteiger partial charge is 0.238 e. The van der Waals surface area contributed by atoms with Crippen LogP contribution in [0, 0.1) is 5.92 Å². The van der Waals surface area contributed by atoms with Crippen molar-refractivity contribution in [2.24, 2.45) is 11.7 Å². The number of amides is 1. The van der Waals surface area contributed by atoms with Gasteiger partial charge in [0.25, 0.3) is 0 Å². The molecule has 0 aliphatic heterocycles. The summed E-state index contributed by atoms with van der Waals surface area (Å²) in [6.45, 7) is 11.0. The van der Waals surface area contributed by atoms with E-state index >= 15 is 0 Å². The van der Waals surface area contributed by atoms with Crippen LogP contribution in [0.1, 0.15) is 105 Å². The maximum atomic E-state index is 12.6. The molecule has 0 aliphatic rings. The first kappa shape index (κ1) is 22.4. The fourth-order valence-electron chi connectivity index (χ4n) is 3.73. The summed E-state index contributed by atoms with van der Waals surface area (Å²) >= 11 is 0. The Morgan fingerprint density at radius 2 is 1.43 bits per heavy atom. The Labute approximate surface area is 145 Å². The van der Waals surface area contributed by atoms with Crippen LogP contribution in [0.4, 0.5) is 0 Å². The predicted octanol–water partition coefficient (Wildman–Crippen LogP) is 5.18. The molecule has 0 bridgehead atoms. The molecule has 0 aliphatic carbocycles. The second kappa shape index (κ2) is 12.8. The Bertz CT molecular complexity index is 298. The standard InChI is InChI=1S/C20H42N2O/c1-6-10-14-18(15-11-7-2)20(19(21)23,16-12-8-3)22-17(5)13-9-4/h17-18,22H,6-16H2,1-5H3,(H2,21,23). The highest BCUT2D eigenvalue weighted by atomic mass is 16.1. The molecule has 0 aromatic rings. The quantitative estimate of drug-likeness (QED) is 0.436. The molecule has 2 atom stereocenters. The molecule has 0 saturated heterocycles.